The number of carboxylic acids is 2. The molecule has 1 aliphatic rings. The van der Waals surface area contributed by atoms with Gasteiger partial charge >= 0.3 is 11.9 Å². The van der Waals surface area contributed by atoms with Gasteiger partial charge in [0.05, 0.1) is 19.0 Å². The minimum absolute atomic E-state index is 0.00565. The van der Waals surface area contributed by atoms with Crippen LogP contribution in [-0.2, 0) is 73.5 Å². The summed E-state index contributed by atoms with van der Waals surface area (Å²) in [6, 6.07) is -15.3. The summed E-state index contributed by atoms with van der Waals surface area (Å²) in [5.74, 6) is -15.7. The van der Waals surface area contributed by atoms with Crippen molar-refractivity contribution in [2.75, 3.05) is 19.7 Å². The van der Waals surface area contributed by atoms with Crippen LogP contribution in [-0.4, -0.2) is 199 Å². The quantitative estimate of drug-likeness (QED) is 0.0165. The molecule has 10 atom stereocenters. The number of nitrogens with zero attached hydrogens (tertiary/aromatic N) is 3. The predicted octanol–water partition coefficient (Wildman–Crippen LogP) is -7.36. The fraction of sp³-hybridized carbons (Fsp3) is 0.647. The van der Waals surface area contributed by atoms with Crippen LogP contribution >= 0.6 is 0 Å². The van der Waals surface area contributed by atoms with Crippen molar-refractivity contribution in [1.29, 1.82) is 0 Å². The highest BCUT2D eigenvalue weighted by molar-refractivity contribution is 5.99. The third kappa shape index (κ3) is 26.3. The van der Waals surface area contributed by atoms with E-state index < -0.39 is 214 Å². The number of nitrogens with two attached hydrogens (primary N) is 6. The molecule has 1 fully saturated rings. The second kappa shape index (κ2) is 36.6. The summed E-state index contributed by atoms with van der Waals surface area (Å²) in [6.07, 6.45) is -1.64. The number of hydrogen-bond donors (Lipinski definition) is 18. The highest BCUT2D eigenvalue weighted by Gasteiger charge is 2.41. The lowest BCUT2D eigenvalue weighted by molar-refractivity contribution is -0.143. The van der Waals surface area contributed by atoms with Crippen LogP contribution < -0.4 is 76.9 Å². The molecule has 0 saturated carbocycles. The smallest absolute Gasteiger partial charge is 0.326 e. The number of aliphatic hydroxyl groups is 1. The van der Waals surface area contributed by atoms with Gasteiger partial charge in [0.1, 0.15) is 54.4 Å². The summed E-state index contributed by atoms with van der Waals surface area (Å²) in [6.45, 7) is 5.69. The first-order valence-corrected chi connectivity index (χ1v) is 27.8. The molecule has 1 saturated heterocycles. The number of imidazole rings is 1. The van der Waals surface area contributed by atoms with Crippen molar-refractivity contribution >= 4 is 88.8 Å². The number of carboxylic acid groups (broad SMARTS) is 2. The number of amides is 12. The zero-order chi connectivity index (χ0) is 65.0. The van der Waals surface area contributed by atoms with Crippen molar-refractivity contribution in [3.63, 3.8) is 0 Å². The van der Waals surface area contributed by atoms with Gasteiger partial charge in [0.2, 0.25) is 70.9 Å². The number of H-pyrrole nitrogens is 1. The van der Waals surface area contributed by atoms with E-state index in [-0.39, 0.29) is 62.8 Å². The summed E-state index contributed by atoms with van der Waals surface area (Å²) in [5.41, 5.74) is 33.1. The summed E-state index contributed by atoms with van der Waals surface area (Å²) < 4.78 is 0. The number of hydrogen-bond acceptors (Lipinski definition) is 18. The molecule has 0 spiro atoms. The van der Waals surface area contributed by atoms with Gasteiger partial charge in [-0.3, -0.25) is 67.3 Å². The van der Waals surface area contributed by atoms with Gasteiger partial charge in [-0.05, 0) is 69.6 Å². The molecule has 0 unspecified atom stereocenters. The van der Waals surface area contributed by atoms with Gasteiger partial charge in [-0.15, -0.1) is 0 Å². The maximum atomic E-state index is 14.4. The lowest BCUT2D eigenvalue weighted by atomic mass is 10.0. The van der Waals surface area contributed by atoms with E-state index in [1.165, 1.54) is 26.4 Å². The van der Waals surface area contributed by atoms with Gasteiger partial charge in [-0.2, -0.15) is 0 Å². The van der Waals surface area contributed by atoms with E-state index in [1.807, 2.05) is 13.8 Å². The maximum absolute atomic E-state index is 14.4. The Bertz CT molecular complexity index is 2580. The summed E-state index contributed by atoms with van der Waals surface area (Å²) in [5, 5.41) is 48.7. The van der Waals surface area contributed by atoms with Crippen LogP contribution in [0.4, 0.5) is 0 Å². The third-order valence-corrected chi connectivity index (χ3v) is 13.3. The number of nitrogens with one attached hydrogen (secondary N) is 9. The molecular formula is C51H84N18O17. The van der Waals surface area contributed by atoms with Crippen LogP contribution in [0.15, 0.2) is 17.5 Å². The van der Waals surface area contributed by atoms with E-state index in [0.717, 1.165) is 4.90 Å². The molecule has 35 nitrogen and oxygen atoms in total. The first-order chi connectivity index (χ1) is 40.3. The number of aromatic amines is 1. The second-order valence-corrected chi connectivity index (χ2v) is 21.3. The fourth-order valence-corrected chi connectivity index (χ4v) is 8.78. The van der Waals surface area contributed by atoms with Gasteiger partial charge in [0.25, 0.3) is 0 Å². The van der Waals surface area contributed by atoms with E-state index in [2.05, 4.69) is 57.5 Å². The molecule has 1 aliphatic heterocycles. The normalized spacial score (nSPS) is 16.0. The van der Waals surface area contributed by atoms with Gasteiger partial charge in [-0.1, -0.05) is 27.7 Å². The standard InChI is InChI=1S/C51H84N18O17/c1-24(2)19-27(52)41(76)67-34(22-70)49(84)69-18-6-8-35(69)47(82)63-31(12-16-39(74)75)44(79)66-33(20-26-21-58-23-60-26)46(81)62-29(9-13-36(53)71)42(77)61-28(7-5-17-59-51(56)57)45(80)68-40(25(3)4)48(83)64-30(10-14-37(54)72)43(78)65-32(50(85)86)11-15-38(55)73/h21,23-25,27-35,40,70H,5-20,22,52H2,1-4H3,(H2,53,71)(H2,54,72)(H2,55,73)(H,58,60)(H,61,77)(H,62,81)(H,63,82)(H,64,83)(H,65,78)(H,66,79)(H,67,76)(H,68,80)(H,74,75)(H,85,86)(H4,56,57,59)/t27-,28-,29-,30-,31-,32-,33-,34-,35-,40-/m0/s1. The molecule has 86 heavy (non-hydrogen) atoms. The number of aliphatic imine (C=N–C) groups is 1. The number of carbonyl (C=O) groups excluding carboxylic acids is 12. The summed E-state index contributed by atoms with van der Waals surface area (Å²) in [4.78, 5) is 196. The largest absolute Gasteiger partial charge is 0.481 e. The van der Waals surface area contributed by atoms with E-state index >= 15 is 0 Å². The molecule has 35 heteroatoms. The zero-order valence-corrected chi connectivity index (χ0v) is 48.5. The Balaban J connectivity index is 2.51. The third-order valence-electron chi connectivity index (χ3n) is 13.3. The number of aliphatic hydroxyl groups excluding tert-OH is 1. The summed E-state index contributed by atoms with van der Waals surface area (Å²) in [7, 11) is 0. The Hall–Kier alpha value is -9.02. The van der Waals surface area contributed by atoms with Gasteiger partial charge in [-0.25, -0.2) is 9.78 Å². The van der Waals surface area contributed by atoms with Crippen molar-refractivity contribution in [2.45, 2.75) is 178 Å². The number of rotatable bonds is 40. The summed E-state index contributed by atoms with van der Waals surface area (Å²) >= 11 is 0. The van der Waals surface area contributed by atoms with Crippen LogP contribution in [0.3, 0.4) is 0 Å². The van der Waals surface area contributed by atoms with Crippen molar-refractivity contribution in [3.8, 4) is 0 Å². The molecule has 0 bridgehead atoms. The Labute approximate surface area is 494 Å². The van der Waals surface area contributed by atoms with E-state index in [0.29, 0.717) is 0 Å². The first kappa shape index (κ1) is 73.1. The topological polar surface area (TPSA) is 596 Å². The number of carbonyl (C=O) groups is 14. The SMILES string of the molecule is CC(C)C[C@H](N)C(=O)N[C@@H](CO)C(=O)N1CCC[C@H]1C(=O)N[C@@H](CCC(=O)O)C(=O)N[C@@H](Cc1cnc[nH]1)C(=O)N[C@@H](CCC(N)=O)C(=O)N[C@@H](CCCN=C(N)N)C(=O)N[C@H](C(=O)N[C@@H](CCC(N)=O)C(=O)N[C@@H](CCC(N)=O)C(=O)O)C(C)C. The molecule has 1 aromatic rings. The highest BCUT2D eigenvalue weighted by Crippen LogP contribution is 2.20. The molecule has 480 valence electrons. The Morgan fingerprint density at radius 1 is 0.616 bits per heavy atom. The van der Waals surface area contributed by atoms with Crippen LogP contribution in [0.25, 0.3) is 0 Å². The van der Waals surface area contributed by atoms with Crippen LogP contribution in [0, 0.1) is 11.8 Å². The molecule has 24 N–H and O–H groups in total. The van der Waals surface area contributed by atoms with Crippen molar-refractivity contribution in [2.24, 2.45) is 51.2 Å². The first-order valence-electron chi connectivity index (χ1n) is 27.8. The van der Waals surface area contributed by atoms with E-state index in [1.54, 1.807) is 0 Å². The van der Waals surface area contributed by atoms with Gasteiger partial charge < -0.3 is 102 Å². The average Bonchev–Trinajstić information content (AvgIpc) is 2.74. The van der Waals surface area contributed by atoms with Crippen LogP contribution in [0.5, 0.6) is 0 Å². The van der Waals surface area contributed by atoms with Gasteiger partial charge in [0.15, 0.2) is 5.96 Å². The van der Waals surface area contributed by atoms with Crippen LogP contribution in [0.1, 0.15) is 117 Å². The molecule has 2 rings (SSSR count). The molecular weight excluding hydrogens is 1140 g/mol. The monoisotopic (exact) mass is 1220 g/mol. The average molecular weight is 1220 g/mol. The molecule has 2 heterocycles. The Kier molecular flexibility index (Phi) is 31.1. The van der Waals surface area contributed by atoms with E-state index in [4.69, 9.17) is 34.4 Å². The Morgan fingerprint density at radius 3 is 1.56 bits per heavy atom. The molecule has 0 aromatic carbocycles. The fourth-order valence-electron chi connectivity index (χ4n) is 8.78. The van der Waals surface area contributed by atoms with Crippen molar-refractivity contribution in [3.05, 3.63) is 18.2 Å². The minimum Gasteiger partial charge on any atom is -0.481 e. The molecule has 0 radical (unpaired) electrons. The number of primary amides is 3. The van der Waals surface area contributed by atoms with Crippen molar-refractivity contribution < 1.29 is 82.4 Å². The second-order valence-electron chi connectivity index (χ2n) is 21.3. The number of aromatic nitrogens is 2. The van der Waals surface area contributed by atoms with Gasteiger partial charge in [0, 0.05) is 57.1 Å². The molecule has 1 aromatic heterocycles. The van der Waals surface area contributed by atoms with Crippen LogP contribution in [0.2, 0.25) is 0 Å². The highest BCUT2D eigenvalue weighted by atomic mass is 16.4. The zero-order valence-electron chi connectivity index (χ0n) is 48.5. The van der Waals surface area contributed by atoms with Crippen molar-refractivity contribution in [1.82, 2.24) is 57.4 Å². The number of likely N-dealkylation sites (tertiary alicyclic amines) is 1. The molecule has 0 aliphatic carbocycles. The minimum atomic E-state index is -1.73. The number of guanidine groups is 1. The maximum Gasteiger partial charge on any atom is 0.326 e. The Morgan fingerprint density at radius 2 is 1.08 bits per heavy atom. The predicted molar refractivity (Wildman–Crippen MR) is 302 cm³/mol. The lowest BCUT2D eigenvalue weighted by Crippen LogP contribution is -2.61. The molecule has 12 amide bonds. The number of aliphatic carboxylic acids is 2. The lowest BCUT2D eigenvalue weighted by Gasteiger charge is -2.30. The van der Waals surface area contributed by atoms with E-state index in [9.17, 15) is 82.4 Å².